The van der Waals surface area contributed by atoms with Gasteiger partial charge in [-0.3, -0.25) is 0 Å². The monoisotopic (exact) mass is 221 g/mol. The van der Waals surface area contributed by atoms with Crippen LogP contribution in [0, 0.1) is 5.92 Å². The molecule has 0 bridgehead atoms. The van der Waals surface area contributed by atoms with E-state index in [1.165, 1.54) is 0 Å². The molecule has 1 aromatic carbocycles. The number of benzene rings is 1. The summed E-state index contributed by atoms with van der Waals surface area (Å²) >= 11 is 0. The summed E-state index contributed by atoms with van der Waals surface area (Å²) in [6, 6.07) is 8.17. The highest BCUT2D eigenvalue weighted by Gasteiger charge is 2.12. The van der Waals surface area contributed by atoms with Crippen molar-refractivity contribution in [1.82, 2.24) is 0 Å². The predicted octanol–water partition coefficient (Wildman–Crippen LogP) is 3.52. The van der Waals surface area contributed by atoms with Crippen LogP contribution in [0.25, 0.3) is 0 Å². The molecule has 1 aromatic rings. The molecule has 0 saturated heterocycles. The molecule has 0 unspecified atom stereocenters. The summed E-state index contributed by atoms with van der Waals surface area (Å²) in [5, 5.41) is 0. The van der Waals surface area contributed by atoms with Gasteiger partial charge in [0.05, 0.1) is 6.61 Å². The minimum absolute atomic E-state index is 0.0769. The highest BCUT2D eigenvalue weighted by atomic mass is 16.5. The quantitative estimate of drug-likeness (QED) is 0.797. The number of ether oxygens (including phenoxy) is 1. The zero-order valence-electron chi connectivity index (χ0n) is 10.6. The first-order valence-corrected chi connectivity index (χ1v) is 6.12. The van der Waals surface area contributed by atoms with Crippen LogP contribution in [0.4, 0.5) is 0 Å². The standard InChI is InChI=1S/C14H23NO/c1-4-9-16-14-8-6-5-7-12(14)13(15)10-11(2)3/h5-8,11,13H,4,9-10,15H2,1-3H3/t13-/m0/s1. The Hall–Kier alpha value is -1.02. The largest absolute Gasteiger partial charge is 0.493 e. The van der Waals surface area contributed by atoms with E-state index >= 15 is 0 Å². The average Bonchev–Trinajstić information content (AvgIpc) is 2.25. The van der Waals surface area contributed by atoms with Gasteiger partial charge in [-0.05, 0) is 24.8 Å². The molecule has 0 heterocycles. The highest BCUT2D eigenvalue weighted by Crippen LogP contribution is 2.27. The maximum Gasteiger partial charge on any atom is 0.124 e. The Morgan fingerprint density at radius 3 is 2.56 bits per heavy atom. The Balaban J connectivity index is 2.76. The molecule has 0 fully saturated rings. The minimum atomic E-state index is 0.0769. The number of hydrogen-bond acceptors (Lipinski definition) is 2. The van der Waals surface area contributed by atoms with Gasteiger partial charge in [-0.1, -0.05) is 39.0 Å². The van der Waals surface area contributed by atoms with Gasteiger partial charge >= 0.3 is 0 Å². The summed E-state index contributed by atoms with van der Waals surface area (Å²) in [6.45, 7) is 7.24. The second kappa shape index (κ2) is 6.54. The van der Waals surface area contributed by atoms with E-state index in [4.69, 9.17) is 10.5 Å². The predicted molar refractivity (Wildman–Crippen MR) is 68.6 cm³/mol. The Labute approximate surface area is 98.8 Å². The van der Waals surface area contributed by atoms with Crippen molar-refractivity contribution in [3.05, 3.63) is 29.8 Å². The van der Waals surface area contributed by atoms with E-state index in [0.717, 1.165) is 30.8 Å². The van der Waals surface area contributed by atoms with Crippen LogP contribution in [0.15, 0.2) is 24.3 Å². The Morgan fingerprint density at radius 1 is 1.25 bits per heavy atom. The highest BCUT2D eigenvalue weighted by molar-refractivity contribution is 5.35. The van der Waals surface area contributed by atoms with Crippen LogP contribution in [0.1, 0.15) is 45.2 Å². The summed E-state index contributed by atoms with van der Waals surface area (Å²) in [5.74, 6) is 1.55. The number of rotatable bonds is 6. The maximum absolute atomic E-state index is 6.19. The summed E-state index contributed by atoms with van der Waals surface area (Å²) in [7, 11) is 0. The van der Waals surface area contributed by atoms with Gasteiger partial charge in [-0.25, -0.2) is 0 Å². The van der Waals surface area contributed by atoms with Crippen molar-refractivity contribution in [1.29, 1.82) is 0 Å². The lowest BCUT2D eigenvalue weighted by atomic mass is 9.97. The van der Waals surface area contributed by atoms with Crippen molar-refractivity contribution in [2.45, 2.75) is 39.7 Å². The van der Waals surface area contributed by atoms with Gasteiger partial charge in [0.1, 0.15) is 5.75 Å². The van der Waals surface area contributed by atoms with Gasteiger partial charge in [-0.2, -0.15) is 0 Å². The fourth-order valence-electron chi connectivity index (χ4n) is 1.77. The van der Waals surface area contributed by atoms with Crippen LogP contribution in [-0.2, 0) is 0 Å². The Morgan fingerprint density at radius 2 is 1.94 bits per heavy atom. The molecule has 2 N–H and O–H groups in total. The molecule has 0 saturated carbocycles. The van der Waals surface area contributed by atoms with Gasteiger partial charge in [0.2, 0.25) is 0 Å². The van der Waals surface area contributed by atoms with Crippen molar-refractivity contribution in [2.75, 3.05) is 6.61 Å². The van der Waals surface area contributed by atoms with Crippen molar-refractivity contribution >= 4 is 0 Å². The van der Waals surface area contributed by atoms with Crippen LogP contribution in [0.3, 0.4) is 0 Å². The third-order valence-corrected chi connectivity index (χ3v) is 2.51. The Kier molecular flexibility index (Phi) is 5.33. The van der Waals surface area contributed by atoms with Crippen LogP contribution < -0.4 is 10.5 Å². The second-order valence-electron chi connectivity index (χ2n) is 4.62. The van der Waals surface area contributed by atoms with Crippen molar-refractivity contribution in [3.8, 4) is 5.75 Å². The molecule has 0 amide bonds. The number of para-hydroxylation sites is 1. The molecule has 0 spiro atoms. The van der Waals surface area contributed by atoms with Crippen LogP contribution in [0.2, 0.25) is 0 Å². The normalized spacial score (nSPS) is 12.8. The van der Waals surface area contributed by atoms with Gasteiger partial charge < -0.3 is 10.5 Å². The summed E-state index contributed by atoms with van der Waals surface area (Å²) in [5.41, 5.74) is 7.32. The molecular weight excluding hydrogens is 198 g/mol. The number of nitrogens with two attached hydrogens (primary N) is 1. The molecule has 1 atom stereocenters. The molecule has 0 aliphatic rings. The third-order valence-electron chi connectivity index (χ3n) is 2.51. The zero-order chi connectivity index (χ0) is 12.0. The molecular formula is C14H23NO. The molecule has 0 aliphatic carbocycles. The van der Waals surface area contributed by atoms with E-state index in [1.54, 1.807) is 0 Å². The van der Waals surface area contributed by atoms with Gasteiger partial charge in [-0.15, -0.1) is 0 Å². The maximum atomic E-state index is 6.19. The lowest BCUT2D eigenvalue weighted by molar-refractivity contribution is 0.310. The van der Waals surface area contributed by atoms with Gasteiger partial charge in [0.15, 0.2) is 0 Å². The SMILES string of the molecule is CCCOc1ccccc1[C@@H](N)CC(C)C. The molecule has 0 aliphatic heterocycles. The minimum Gasteiger partial charge on any atom is -0.493 e. The third kappa shape index (κ3) is 3.86. The average molecular weight is 221 g/mol. The molecule has 0 aromatic heterocycles. The fourth-order valence-corrected chi connectivity index (χ4v) is 1.77. The number of hydrogen-bond donors (Lipinski definition) is 1. The molecule has 0 radical (unpaired) electrons. The molecule has 2 nitrogen and oxygen atoms in total. The van der Waals surface area contributed by atoms with Crippen LogP contribution in [0.5, 0.6) is 5.75 Å². The Bertz CT molecular complexity index is 309. The smallest absolute Gasteiger partial charge is 0.124 e. The molecule has 16 heavy (non-hydrogen) atoms. The zero-order valence-corrected chi connectivity index (χ0v) is 10.6. The first-order chi connectivity index (χ1) is 7.65. The summed E-state index contributed by atoms with van der Waals surface area (Å²) < 4.78 is 5.71. The molecule has 90 valence electrons. The molecule has 2 heteroatoms. The summed E-state index contributed by atoms with van der Waals surface area (Å²) in [6.07, 6.45) is 2.01. The fraction of sp³-hybridized carbons (Fsp3) is 0.571. The van der Waals surface area contributed by atoms with Crippen molar-refractivity contribution in [2.24, 2.45) is 11.7 Å². The first-order valence-electron chi connectivity index (χ1n) is 6.12. The van der Waals surface area contributed by atoms with E-state index in [-0.39, 0.29) is 6.04 Å². The van der Waals surface area contributed by atoms with E-state index in [1.807, 2.05) is 18.2 Å². The van der Waals surface area contributed by atoms with Gasteiger partial charge in [0.25, 0.3) is 0 Å². The van der Waals surface area contributed by atoms with E-state index in [0.29, 0.717) is 5.92 Å². The van der Waals surface area contributed by atoms with E-state index in [9.17, 15) is 0 Å². The van der Waals surface area contributed by atoms with Crippen LogP contribution >= 0.6 is 0 Å². The van der Waals surface area contributed by atoms with E-state index in [2.05, 4.69) is 26.8 Å². The van der Waals surface area contributed by atoms with Crippen LogP contribution in [-0.4, -0.2) is 6.61 Å². The van der Waals surface area contributed by atoms with E-state index < -0.39 is 0 Å². The lowest BCUT2D eigenvalue weighted by Gasteiger charge is -2.18. The second-order valence-corrected chi connectivity index (χ2v) is 4.62. The van der Waals surface area contributed by atoms with Crippen molar-refractivity contribution < 1.29 is 4.74 Å². The van der Waals surface area contributed by atoms with Gasteiger partial charge in [0, 0.05) is 11.6 Å². The lowest BCUT2D eigenvalue weighted by Crippen LogP contribution is -2.14. The molecule has 1 rings (SSSR count). The first kappa shape index (κ1) is 13.0. The summed E-state index contributed by atoms with van der Waals surface area (Å²) in [4.78, 5) is 0. The topological polar surface area (TPSA) is 35.2 Å². The van der Waals surface area contributed by atoms with Crippen molar-refractivity contribution in [3.63, 3.8) is 0 Å².